The normalized spacial score (nSPS) is 12.5. The SMILES string of the molecule is CCCCCCCCCCCC(Cl)c1ccccc1. The second kappa shape index (κ2) is 11.3. The summed E-state index contributed by atoms with van der Waals surface area (Å²) in [7, 11) is 0. The van der Waals surface area contributed by atoms with Gasteiger partial charge in [0.15, 0.2) is 0 Å². The second-order valence-corrected chi connectivity index (χ2v) is 6.02. The molecule has 0 spiro atoms. The summed E-state index contributed by atoms with van der Waals surface area (Å²) < 4.78 is 0. The summed E-state index contributed by atoms with van der Waals surface area (Å²) in [6.07, 6.45) is 13.5. The molecule has 0 saturated carbocycles. The third-order valence-corrected chi connectivity index (χ3v) is 4.19. The van der Waals surface area contributed by atoms with Crippen LogP contribution >= 0.6 is 11.6 Å². The lowest BCUT2D eigenvalue weighted by Gasteiger charge is -2.09. The average molecular weight is 281 g/mol. The average Bonchev–Trinajstić information content (AvgIpc) is 2.46. The zero-order valence-electron chi connectivity index (χ0n) is 12.4. The Bertz CT molecular complexity index is 294. The molecule has 1 aromatic rings. The Morgan fingerprint density at radius 2 is 1.32 bits per heavy atom. The lowest BCUT2D eigenvalue weighted by molar-refractivity contribution is 0.554. The van der Waals surface area contributed by atoms with Crippen molar-refractivity contribution in [2.75, 3.05) is 0 Å². The number of unbranched alkanes of at least 4 members (excludes halogenated alkanes) is 8. The van der Waals surface area contributed by atoms with E-state index in [1.807, 2.05) is 6.07 Å². The Kier molecular flexibility index (Phi) is 9.89. The maximum absolute atomic E-state index is 6.40. The topological polar surface area (TPSA) is 0 Å². The summed E-state index contributed by atoms with van der Waals surface area (Å²) in [5, 5.41) is 0.200. The van der Waals surface area contributed by atoms with Crippen molar-refractivity contribution in [2.45, 2.75) is 76.5 Å². The van der Waals surface area contributed by atoms with Crippen LogP contribution in [0.5, 0.6) is 0 Å². The van der Waals surface area contributed by atoms with Crippen LogP contribution in [0.15, 0.2) is 30.3 Å². The van der Waals surface area contributed by atoms with Gasteiger partial charge in [0.05, 0.1) is 5.38 Å². The van der Waals surface area contributed by atoms with E-state index in [-0.39, 0.29) is 5.38 Å². The highest BCUT2D eigenvalue weighted by Gasteiger charge is 2.06. The molecule has 0 saturated heterocycles. The van der Waals surface area contributed by atoms with E-state index in [4.69, 9.17) is 11.6 Å². The van der Waals surface area contributed by atoms with Gasteiger partial charge in [0.2, 0.25) is 0 Å². The number of hydrogen-bond acceptors (Lipinski definition) is 0. The Hall–Kier alpha value is -0.490. The number of halogens is 1. The minimum atomic E-state index is 0.200. The molecule has 0 amide bonds. The smallest absolute Gasteiger partial charge is 0.0585 e. The van der Waals surface area contributed by atoms with Crippen LogP contribution in [0.3, 0.4) is 0 Å². The molecule has 0 heterocycles. The van der Waals surface area contributed by atoms with Gasteiger partial charge in [-0.25, -0.2) is 0 Å². The van der Waals surface area contributed by atoms with Crippen LogP contribution in [0.2, 0.25) is 0 Å². The van der Waals surface area contributed by atoms with Gasteiger partial charge < -0.3 is 0 Å². The molecule has 0 nitrogen and oxygen atoms in total. The molecule has 1 atom stereocenters. The van der Waals surface area contributed by atoms with Crippen LogP contribution in [-0.4, -0.2) is 0 Å². The molecule has 0 aliphatic rings. The van der Waals surface area contributed by atoms with Gasteiger partial charge in [0, 0.05) is 0 Å². The van der Waals surface area contributed by atoms with Gasteiger partial charge in [-0.05, 0) is 12.0 Å². The Labute approximate surface area is 124 Å². The summed E-state index contributed by atoms with van der Waals surface area (Å²) in [6, 6.07) is 10.4. The van der Waals surface area contributed by atoms with Crippen molar-refractivity contribution in [2.24, 2.45) is 0 Å². The number of alkyl halides is 1. The lowest BCUT2D eigenvalue weighted by Crippen LogP contribution is -1.90. The van der Waals surface area contributed by atoms with Crippen molar-refractivity contribution >= 4 is 11.6 Å². The van der Waals surface area contributed by atoms with E-state index in [0.717, 1.165) is 6.42 Å². The fourth-order valence-electron chi connectivity index (χ4n) is 2.46. The molecule has 1 aromatic carbocycles. The highest BCUT2D eigenvalue weighted by atomic mass is 35.5. The third-order valence-electron chi connectivity index (χ3n) is 3.72. The summed E-state index contributed by atoms with van der Waals surface area (Å²) >= 11 is 6.40. The Morgan fingerprint density at radius 1 is 0.789 bits per heavy atom. The van der Waals surface area contributed by atoms with Crippen molar-refractivity contribution in [1.29, 1.82) is 0 Å². The van der Waals surface area contributed by atoms with E-state index in [1.165, 1.54) is 63.4 Å². The third kappa shape index (κ3) is 8.31. The first kappa shape index (κ1) is 16.6. The second-order valence-electron chi connectivity index (χ2n) is 5.50. The van der Waals surface area contributed by atoms with Crippen LogP contribution in [0, 0.1) is 0 Å². The van der Waals surface area contributed by atoms with Gasteiger partial charge in [0.1, 0.15) is 0 Å². The largest absolute Gasteiger partial charge is 0.118 e. The standard InChI is InChI=1S/C18H29Cl/c1-2-3-4-5-6-7-8-9-13-16-18(19)17-14-11-10-12-15-17/h10-12,14-15,18H,2-9,13,16H2,1H3. The van der Waals surface area contributed by atoms with Crippen LogP contribution in [0.25, 0.3) is 0 Å². The fraction of sp³-hybridized carbons (Fsp3) is 0.667. The van der Waals surface area contributed by atoms with Crippen LogP contribution in [0.4, 0.5) is 0 Å². The highest BCUT2D eigenvalue weighted by Crippen LogP contribution is 2.26. The molecule has 0 aliphatic heterocycles. The van der Waals surface area contributed by atoms with E-state index in [2.05, 4.69) is 31.2 Å². The van der Waals surface area contributed by atoms with E-state index in [9.17, 15) is 0 Å². The lowest BCUT2D eigenvalue weighted by atomic mass is 10.0. The zero-order valence-corrected chi connectivity index (χ0v) is 13.2. The summed E-state index contributed by atoms with van der Waals surface area (Å²) in [5.74, 6) is 0. The molecule has 0 fully saturated rings. The van der Waals surface area contributed by atoms with Gasteiger partial charge in [0.25, 0.3) is 0 Å². The van der Waals surface area contributed by atoms with Gasteiger partial charge in [-0.15, -0.1) is 11.6 Å². The predicted molar refractivity (Wildman–Crippen MR) is 86.9 cm³/mol. The minimum Gasteiger partial charge on any atom is -0.118 e. The van der Waals surface area contributed by atoms with Gasteiger partial charge in [-0.2, -0.15) is 0 Å². The zero-order chi connectivity index (χ0) is 13.8. The van der Waals surface area contributed by atoms with E-state index in [0.29, 0.717) is 0 Å². The highest BCUT2D eigenvalue weighted by molar-refractivity contribution is 6.20. The molecule has 1 unspecified atom stereocenters. The van der Waals surface area contributed by atoms with Crippen LogP contribution in [-0.2, 0) is 0 Å². The van der Waals surface area contributed by atoms with E-state index in [1.54, 1.807) is 0 Å². The predicted octanol–water partition coefficient (Wildman–Crippen LogP) is 6.89. The Balaban J connectivity index is 1.93. The first-order valence-corrected chi connectivity index (χ1v) is 8.47. The van der Waals surface area contributed by atoms with Crippen LogP contribution in [0.1, 0.15) is 82.1 Å². The monoisotopic (exact) mass is 280 g/mol. The van der Waals surface area contributed by atoms with E-state index < -0.39 is 0 Å². The molecule has 108 valence electrons. The molecule has 0 radical (unpaired) electrons. The molecule has 19 heavy (non-hydrogen) atoms. The number of rotatable bonds is 11. The summed E-state index contributed by atoms with van der Waals surface area (Å²) in [6.45, 7) is 2.27. The van der Waals surface area contributed by atoms with Crippen molar-refractivity contribution in [3.8, 4) is 0 Å². The minimum absolute atomic E-state index is 0.200. The molecule has 0 aromatic heterocycles. The Morgan fingerprint density at radius 3 is 1.89 bits per heavy atom. The van der Waals surface area contributed by atoms with Crippen molar-refractivity contribution < 1.29 is 0 Å². The molecule has 0 aliphatic carbocycles. The maximum Gasteiger partial charge on any atom is 0.0585 e. The van der Waals surface area contributed by atoms with E-state index >= 15 is 0 Å². The number of benzene rings is 1. The molecule has 1 rings (SSSR count). The quantitative estimate of drug-likeness (QED) is 0.306. The summed E-state index contributed by atoms with van der Waals surface area (Å²) in [5.41, 5.74) is 1.27. The first-order valence-electron chi connectivity index (χ1n) is 8.03. The molecule has 1 heteroatoms. The van der Waals surface area contributed by atoms with Gasteiger partial charge in [-0.1, -0.05) is 95.0 Å². The number of hydrogen-bond donors (Lipinski definition) is 0. The fourth-order valence-corrected chi connectivity index (χ4v) is 2.76. The van der Waals surface area contributed by atoms with Gasteiger partial charge >= 0.3 is 0 Å². The first-order chi connectivity index (χ1) is 9.34. The molecular weight excluding hydrogens is 252 g/mol. The van der Waals surface area contributed by atoms with Gasteiger partial charge in [-0.3, -0.25) is 0 Å². The molecule has 0 bridgehead atoms. The van der Waals surface area contributed by atoms with Crippen LogP contribution < -0.4 is 0 Å². The van der Waals surface area contributed by atoms with Crippen molar-refractivity contribution in [1.82, 2.24) is 0 Å². The molecule has 0 N–H and O–H groups in total. The maximum atomic E-state index is 6.40. The summed E-state index contributed by atoms with van der Waals surface area (Å²) in [4.78, 5) is 0. The van der Waals surface area contributed by atoms with Crippen molar-refractivity contribution in [3.05, 3.63) is 35.9 Å². The van der Waals surface area contributed by atoms with Crippen molar-refractivity contribution in [3.63, 3.8) is 0 Å². The molecular formula is C18H29Cl.